The Kier molecular flexibility index (Phi) is 3.67. The van der Waals surface area contributed by atoms with E-state index in [1.165, 1.54) is 25.0 Å². The van der Waals surface area contributed by atoms with Gasteiger partial charge in [0.15, 0.2) is 0 Å². The number of anilines is 1. The lowest BCUT2D eigenvalue weighted by Gasteiger charge is -2.39. The topological polar surface area (TPSA) is 21.3 Å². The maximum absolute atomic E-state index is 13.9. The molecule has 0 amide bonds. The van der Waals surface area contributed by atoms with Crippen molar-refractivity contribution in [2.24, 2.45) is 0 Å². The molecule has 110 valence electrons. The van der Waals surface area contributed by atoms with E-state index in [4.69, 9.17) is 4.74 Å². The lowest BCUT2D eigenvalue weighted by molar-refractivity contribution is -0.0767. The van der Waals surface area contributed by atoms with E-state index in [0.717, 1.165) is 25.7 Å². The van der Waals surface area contributed by atoms with Gasteiger partial charge in [-0.2, -0.15) is 0 Å². The van der Waals surface area contributed by atoms with E-state index in [2.05, 4.69) is 5.32 Å². The number of aryl methyl sites for hydroxylation is 1. The Morgan fingerprint density at radius 3 is 2.70 bits per heavy atom. The molecule has 2 fully saturated rings. The van der Waals surface area contributed by atoms with Crippen LogP contribution in [0.15, 0.2) is 12.1 Å². The molecular formula is C16H21F2NO. The number of halogens is 2. The quantitative estimate of drug-likeness (QED) is 0.878. The first-order valence-corrected chi connectivity index (χ1v) is 7.44. The maximum atomic E-state index is 13.9. The number of hydrogen-bond acceptors (Lipinski definition) is 2. The summed E-state index contributed by atoms with van der Waals surface area (Å²) < 4.78 is 33.4. The summed E-state index contributed by atoms with van der Waals surface area (Å²) in [6.45, 7) is 2.28. The highest BCUT2D eigenvalue weighted by molar-refractivity contribution is 5.47. The second kappa shape index (κ2) is 5.32. The highest BCUT2D eigenvalue weighted by Gasteiger charge is 2.40. The van der Waals surface area contributed by atoms with E-state index < -0.39 is 0 Å². The summed E-state index contributed by atoms with van der Waals surface area (Å²) in [6.07, 6.45) is 6.34. The van der Waals surface area contributed by atoms with Crippen LogP contribution in [-0.2, 0) is 4.74 Å². The van der Waals surface area contributed by atoms with Gasteiger partial charge in [-0.15, -0.1) is 0 Å². The molecule has 2 aliphatic rings. The van der Waals surface area contributed by atoms with Gasteiger partial charge < -0.3 is 10.1 Å². The average molecular weight is 281 g/mol. The molecule has 1 aromatic carbocycles. The molecule has 1 atom stereocenters. The van der Waals surface area contributed by atoms with Gasteiger partial charge >= 0.3 is 0 Å². The van der Waals surface area contributed by atoms with Gasteiger partial charge in [-0.1, -0.05) is 12.8 Å². The Bertz CT molecular complexity index is 497. The number of rotatable bonds is 2. The van der Waals surface area contributed by atoms with Crippen LogP contribution in [0.3, 0.4) is 0 Å². The van der Waals surface area contributed by atoms with Crippen molar-refractivity contribution < 1.29 is 13.5 Å². The minimum atomic E-state index is -0.379. The smallest absolute Gasteiger partial charge is 0.146 e. The van der Waals surface area contributed by atoms with E-state index >= 15 is 0 Å². The Morgan fingerprint density at radius 2 is 1.95 bits per heavy atom. The standard InChI is InChI=1S/C16H21F2NO/c1-11-8-14(18)15(9-13(11)17)19-12-4-7-20-16(10-12)5-2-3-6-16/h8-9,12,19H,2-7,10H2,1H3. The molecule has 1 aliphatic carbocycles. The van der Waals surface area contributed by atoms with Gasteiger partial charge in [0.2, 0.25) is 0 Å². The third-order valence-corrected chi connectivity index (χ3v) is 4.62. The third-order valence-electron chi connectivity index (χ3n) is 4.62. The van der Waals surface area contributed by atoms with E-state index in [1.54, 1.807) is 6.92 Å². The van der Waals surface area contributed by atoms with Crippen molar-refractivity contribution in [2.75, 3.05) is 11.9 Å². The zero-order chi connectivity index (χ0) is 14.2. The van der Waals surface area contributed by atoms with Crippen LogP contribution in [0.5, 0.6) is 0 Å². The zero-order valence-electron chi connectivity index (χ0n) is 11.8. The maximum Gasteiger partial charge on any atom is 0.146 e. The van der Waals surface area contributed by atoms with Gasteiger partial charge in [-0.3, -0.25) is 0 Å². The summed E-state index contributed by atoms with van der Waals surface area (Å²) in [6, 6.07) is 2.68. The third kappa shape index (κ3) is 2.66. The van der Waals surface area contributed by atoms with Crippen LogP contribution in [0.25, 0.3) is 0 Å². The van der Waals surface area contributed by atoms with Gasteiger partial charge in [0.1, 0.15) is 11.6 Å². The van der Waals surface area contributed by atoms with Crippen LogP contribution in [0.2, 0.25) is 0 Å². The molecular weight excluding hydrogens is 260 g/mol. The molecule has 1 N–H and O–H groups in total. The van der Waals surface area contributed by atoms with Crippen LogP contribution in [-0.4, -0.2) is 18.2 Å². The molecule has 0 bridgehead atoms. The lowest BCUT2D eigenvalue weighted by atomic mass is 9.89. The van der Waals surface area contributed by atoms with E-state index in [9.17, 15) is 8.78 Å². The minimum absolute atomic E-state index is 0.0182. The molecule has 1 aliphatic heterocycles. The highest BCUT2D eigenvalue weighted by atomic mass is 19.1. The largest absolute Gasteiger partial charge is 0.380 e. The molecule has 3 rings (SSSR count). The van der Waals surface area contributed by atoms with Crippen LogP contribution in [0.1, 0.15) is 44.1 Å². The lowest BCUT2D eigenvalue weighted by Crippen LogP contribution is -2.42. The summed E-state index contributed by atoms with van der Waals surface area (Å²) in [7, 11) is 0. The van der Waals surface area contributed by atoms with Crippen LogP contribution in [0, 0.1) is 18.6 Å². The molecule has 1 saturated carbocycles. The monoisotopic (exact) mass is 281 g/mol. The summed E-state index contributed by atoms with van der Waals surface area (Å²) in [5.74, 6) is -0.743. The fourth-order valence-corrected chi connectivity index (χ4v) is 3.50. The Hall–Kier alpha value is -1.16. The Balaban J connectivity index is 1.73. The summed E-state index contributed by atoms with van der Waals surface area (Å²) in [5, 5.41) is 3.17. The minimum Gasteiger partial charge on any atom is -0.380 e. The molecule has 0 radical (unpaired) electrons. The molecule has 1 saturated heterocycles. The predicted molar refractivity (Wildman–Crippen MR) is 74.9 cm³/mol. The van der Waals surface area contributed by atoms with Crippen molar-refractivity contribution in [1.29, 1.82) is 0 Å². The van der Waals surface area contributed by atoms with Crippen molar-refractivity contribution in [3.05, 3.63) is 29.3 Å². The second-order valence-electron chi connectivity index (χ2n) is 6.15. The van der Waals surface area contributed by atoms with Crippen molar-refractivity contribution >= 4 is 5.69 Å². The number of nitrogens with one attached hydrogen (secondary N) is 1. The van der Waals surface area contributed by atoms with E-state index in [1.807, 2.05) is 0 Å². The average Bonchev–Trinajstić information content (AvgIpc) is 2.84. The van der Waals surface area contributed by atoms with Crippen molar-refractivity contribution in [1.82, 2.24) is 0 Å². The van der Waals surface area contributed by atoms with Gasteiger partial charge in [0, 0.05) is 18.7 Å². The number of benzene rings is 1. The Labute approximate surface area is 118 Å². The summed E-state index contributed by atoms with van der Waals surface area (Å²) in [4.78, 5) is 0. The number of ether oxygens (including phenoxy) is 1. The normalized spacial score (nSPS) is 25.1. The molecule has 0 aromatic heterocycles. The summed E-state index contributed by atoms with van der Waals surface area (Å²) >= 11 is 0. The molecule has 20 heavy (non-hydrogen) atoms. The van der Waals surface area contributed by atoms with E-state index in [-0.39, 0.29) is 29.0 Å². The first-order chi connectivity index (χ1) is 9.58. The second-order valence-corrected chi connectivity index (χ2v) is 6.15. The predicted octanol–water partition coefficient (Wildman–Crippen LogP) is 4.18. The SMILES string of the molecule is Cc1cc(F)c(NC2CCOC3(CCCC3)C2)cc1F. The zero-order valence-corrected chi connectivity index (χ0v) is 11.8. The van der Waals surface area contributed by atoms with Gasteiger partial charge in [-0.25, -0.2) is 8.78 Å². The molecule has 1 spiro atoms. The van der Waals surface area contributed by atoms with Crippen LogP contribution >= 0.6 is 0 Å². The first kappa shape index (κ1) is 13.8. The van der Waals surface area contributed by atoms with Crippen LogP contribution < -0.4 is 5.32 Å². The van der Waals surface area contributed by atoms with Crippen molar-refractivity contribution in [2.45, 2.75) is 57.1 Å². The number of hydrogen-bond donors (Lipinski definition) is 1. The van der Waals surface area contributed by atoms with Gasteiger partial charge in [0.25, 0.3) is 0 Å². The molecule has 1 heterocycles. The Morgan fingerprint density at radius 1 is 1.20 bits per heavy atom. The summed E-state index contributed by atoms with van der Waals surface area (Å²) in [5.41, 5.74) is 0.593. The molecule has 1 aromatic rings. The van der Waals surface area contributed by atoms with Crippen molar-refractivity contribution in [3.8, 4) is 0 Å². The first-order valence-electron chi connectivity index (χ1n) is 7.44. The van der Waals surface area contributed by atoms with E-state index in [0.29, 0.717) is 12.2 Å². The highest BCUT2D eigenvalue weighted by Crippen LogP contribution is 2.40. The van der Waals surface area contributed by atoms with Crippen LogP contribution in [0.4, 0.5) is 14.5 Å². The fourth-order valence-electron chi connectivity index (χ4n) is 3.50. The molecule has 4 heteroatoms. The van der Waals surface area contributed by atoms with Gasteiger partial charge in [0.05, 0.1) is 11.3 Å². The van der Waals surface area contributed by atoms with Gasteiger partial charge in [-0.05, 0) is 44.2 Å². The molecule has 2 nitrogen and oxygen atoms in total. The molecule has 1 unspecified atom stereocenters. The van der Waals surface area contributed by atoms with Crippen molar-refractivity contribution in [3.63, 3.8) is 0 Å². The fraction of sp³-hybridized carbons (Fsp3) is 0.625.